The Morgan fingerprint density at radius 1 is 1.23 bits per heavy atom. The highest BCUT2D eigenvalue weighted by atomic mass is 19.1. The zero-order valence-electron chi connectivity index (χ0n) is 22.8. The monoisotopic (exact) mass is 551 g/mol. The number of aliphatic hydroxyl groups is 1. The number of anilines is 1. The Balaban J connectivity index is 1.57. The number of halogens is 1. The van der Waals surface area contributed by atoms with Crippen LogP contribution < -0.4 is 16.0 Å². The number of ether oxygens (including phenoxy) is 1. The number of aromatic nitrogens is 3. The van der Waals surface area contributed by atoms with E-state index in [1.807, 2.05) is 12.1 Å². The van der Waals surface area contributed by atoms with Crippen LogP contribution in [0.25, 0.3) is 16.9 Å². The Labute approximate surface area is 231 Å². The van der Waals surface area contributed by atoms with Crippen molar-refractivity contribution in [3.63, 3.8) is 0 Å². The Morgan fingerprint density at radius 3 is 2.62 bits per heavy atom. The van der Waals surface area contributed by atoms with Crippen molar-refractivity contribution in [3.05, 3.63) is 47.8 Å². The van der Waals surface area contributed by atoms with Gasteiger partial charge in [-0.25, -0.2) is 8.91 Å². The molecule has 1 aliphatic rings. The van der Waals surface area contributed by atoms with E-state index in [1.54, 1.807) is 16.6 Å². The van der Waals surface area contributed by atoms with E-state index in [2.05, 4.69) is 32.1 Å². The van der Waals surface area contributed by atoms with Crippen molar-refractivity contribution in [2.45, 2.75) is 63.4 Å². The van der Waals surface area contributed by atoms with Gasteiger partial charge in [-0.1, -0.05) is 0 Å². The molecular formula is C28H34FN7O4. The minimum absolute atomic E-state index is 0.0186. The summed E-state index contributed by atoms with van der Waals surface area (Å²) in [6.45, 7) is 2.35. The number of nitrogens with one attached hydrogen (secondary N) is 3. The molecule has 1 saturated carbocycles. The Morgan fingerprint density at radius 2 is 1.95 bits per heavy atom. The number of alkyl halides is 1. The number of carbonyl (C=O) groups excluding carboxylic acids is 2. The summed E-state index contributed by atoms with van der Waals surface area (Å²) in [7, 11) is 1.48. The van der Waals surface area contributed by atoms with Crippen LogP contribution in [0.15, 0.2) is 36.7 Å². The Hall–Kier alpha value is -4.08. The normalized spacial score (nSPS) is 18.1. The highest BCUT2D eigenvalue weighted by molar-refractivity contribution is 6.00. The van der Waals surface area contributed by atoms with Gasteiger partial charge in [0.15, 0.2) is 0 Å². The third kappa shape index (κ3) is 6.91. The van der Waals surface area contributed by atoms with Gasteiger partial charge in [-0.2, -0.15) is 10.4 Å². The quantitative estimate of drug-likeness (QED) is 0.300. The predicted octanol–water partition coefficient (Wildman–Crippen LogP) is 2.59. The number of amides is 2. The van der Waals surface area contributed by atoms with Gasteiger partial charge in [-0.3, -0.25) is 14.6 Å². The zero-order valence-corrected chi connectivity index (χ0v) is 22.8. The van der Waals surface area contributed by atoms with Crippen LogP contribution in [0.3, 0.4) is 0 Å². The fourth-order valence-corrected chi connectivity index (χ4v) is 4.68. The fraction of sp³-hybridized carbons (Fsp3) is 0.464. The molecule has 0 saturated heterocycles. The van der Waals surface area contributed by atoms with Crippen molar-refractivity contribution < 1.29 is 23.8 Å². The van der Waals surface area contributed by atoms with Crippen LogP contribution in [0.4, 0.5) is 10.1 Å². The molecule has 1 aliphatic carbocycles. The van der Waals surface area contributed by atoms with Gasteiger partial charge in [0.05, 0.1) is 52.1 Å². The lowest BCUT2D eigenvalue weighted by atomic mass is 9.90. The number of pyridine rings is 1. The van der Waals surface area contributed by atoms with Gasteiger partial charge in [-0.15, -0.1) is 0 Å². The van der Waals surface area contributed by atoms with Crippen molar-refractivity contribution >= 4 is 23.0 Å². The summed E-state index contributed by atoms with van der Waals surface area (Å²) in [5, 5.41) is 32.4. The van der Waals surface area contributed by atoms with Crippen LogP contribution >= 0.6 is 0 Å². The molecule has 0 aromatic carbocycles. The second-order valence-electron chi connectivity index (χ2n) is 10.6. The first kappa shape index (κ1) is 28.9. The maximum atomic E-state index is 14.3. The molecule has 0 radical (unpaired) electrons. The molecular weight excluding hydrogens is 517 g/mol. The molecule has 0 aliphatic heterocycles. The lowest BCUT2D eigenvalue weighted by molar-refractivity contribution is -0.125. The van der Waals surface area contributed by atoms with Gasteiger partial charge in [0.1, 0.15) is 18.8 Å². The minimum Gasteiger partial charge on any atom is -0.387 e. The molecule has 1 atom stereocenters. The molecule has 2 amide bonds. The molecule has 3 aromatic heterocycles. The summed E-state index contributed by atoms with van der Waals surface area (Å²) in [4.78, 5) is 29.5. The number of nitriles is 1. The van der Waals surface area contributed by atoms with Gasteiger partial charge >= 0.3 is 0 Å². The molecule has 40 heavy (non-hydrogen) atoms. The molecule has 3 aromatic rings. The van der Waals surface area contributed by atoms with Crippen molar-refractivity contribution in [2.24, 2.45) is 0 Å². The molecule has 0 unspecified atom stereocenters. The number of hydrogen-bond donors (Lipinski definition) is 4. The number of methoxy groups -OCH3 is 1. The summed E-state index contributed by atoms with van der Waals surface area (Å²) >= 11 is 0. The Kier molecular flexibility index (Phi) is 8.96. The van der Waals surface area contributed by atoms with E-state index in [-0.39, 0.29) is 36.7 Å². The lowest BCUT2D eigenvalue weighted by Gasteiger charge is -2.31. The summed E-state index contributed by atoms with van der Waals surface area (Å²) in [5.74, 6) is -0.672. The van der Waals surface area contributed by atoms with Crippen molar-refractivity contribution in [1.29, 1.82) is 5.26 Å². The SMILES string of the molecule is COCC(=O)N[C@H]1CC[C@H](Nc2cc(-c3ccc4cc(C#N)cnn34)ncc2C(=O)NC[C@@H](F)C(C)(C)O)CC1. The highest BCUT2D eigenvalue weighted by Gasteiger charge is 2.28. The van der Waals surface area contributed by atoms with Crippen LogP contribution in [0, 0.1) is 11.3 Å². The van der Waals surface area contributed by atoms with E-state index < -0.39 is 17.7 Å². The van der Waals surface area contributed by atoms with Crippen LogP contribution in [0.2, 0.25) is 0 Å². The van der Waals surface area contributed by atoms with E-state index in [9.17, 15) is 24.3 Å². The van der Waals surface area contributed by atoms with Gasteiger partial charge in [0.2, 0.25) is 5.91 Å². The zero-order chi connectivity index (χ0) is 28.9. The second kappa shape index (κ2) is 12.4. The van der Waals surface area contributed by atoms with Crippen LogP contribution in [0.1, 0.15) is 55.5 Å². The third-order valence-electron chi connectivity index (χ3n) is 6.98. The molecule has 0 bridgehead atoms. The van der Waals surface area contributed by atoms with Gasteiger partial charge in [0, 0.05) is 25.4 Å². The minimum atomic E-state index is -1.65. The molecule has 212 valence electrons. The van der Waals surface area contributed by atoms with E-state index in [0.29, 0.717) is 22.6 Å². The third-order valence-corrected chi connectivity index (χ3v) is 6.98. The predicted molar refractivity (Wildman–Crippen MR) is 146 cm³/mol. The number of fused-ring (bicyclic) bond motifs is 1. The van der Waals surface area contributed by atoms with Crippen molar-refractivity contribution in [2.75, 3.05) is 25.6 Å². The van der Waals surface area contributed by atoms with Gasteiger partial charge < -0.3 is 25.8 Å². The topological polar surface area (TPSA) is 154 Å². The highest BCUT2D eigenvalue weighted by Crippen LogP contribution is 2.29. The summed E-state index contributed by atoms with van der Waals surface area (Å²) in [6.07, 6.45) is 4.29. The standard InChI is InChI=1S/C28H34FN7O4/c1-28(2,39)25(29)15-32-27(38)21-14-31-23(24-9-8-20-10-17(12-30)13-33-36(20)24)11-22(21)34-18-4-6-19(7-5-18)35-26(37)16-40-3/h8-11,13-14,18-19,25,39H,4-7,15-16H2,1-3H3,(H,31,34)(H,32,38)(H,35,37)/t18-,19-,25-/m1/s1. The average molecular weight is 552 g/mol. The maximum absolute atomic E-state index is 14.3. The molecule has 12 heteroatoms. The molecule has 1 fully saturated rings. The first-order chi connectivity index (χ1) is 19.1. The van der Waals surface area contributed by atoms with Crippen LogP contribution in [-0.2, 0) is 9.53 Å². The number of rotatable bonds is 10. The fourth-order valence-electron chi connectivity index (χ4n) is 4.68. The molecule has 11 nitrogen and oxygen atoms in total. The smallest absolute Gasteiger partial charge is 0.255 e. The first-order valence-corrected chi connectivity index (χ1v) is 13.2. The number of carbonyl (C=O) groups is 2. The molecule has 3 heterocycles. The van der Waals surface area contributed by atoms with E-state index >= 15 is 0 Å². The van der Waals surface area contributed by atoms with E-state index in [4.69, 9.17) is 4.74 Å². The van der Waals surface area contributed by atoms with Crippen LogP contribution in [-0.4, -0.2) is 75.6 Å². The summed E-state index contributed by atoms with van der Waals surface area (Å²) < 4.78 is 20.9. The van der Waals surface area contributed by atoms with E-state index in [1.165, 1.54) is 33.4 Å². The molecule has 4 N–H and O–H groups in total. The maximum Gasteiger partial charge on any atom is 0.255 e. The van der Waals surface area contributed by atoms with Crippen molar-refractivity contribution in [1.82, 2.24) is 25.2 Å². The summed E-state index contributed by atoms with van der Waals surface area (Å²) in [6, 6.07) is 9.29. The Bertz CT molecular complexity index is 1400. The van der Waals surface area contributed by atoms with E-state index in [0.717, 1.165) is 31.2 Å². The largest absolute Gasteiger partial charge is 0.387 e. The van der Waals surface area contributed by atoms with Gasteiger partial charge in [-0.05, 0) is 63.8 Å². The summed E-state index contributed by atoms with van der Waals surface area (Å²) in [5.41, 5.74) is 1.55. The van der Waals surface area contributed by atoms with Gasteiger partial charge in [0.25, 0.3) is 5.91 Å². The number of hydrogen-bond acceptors (Lipinski definition) is 8. The molecule has 0 spiro atoms. The number of nitrogens with zero attached hydrogens (tertiary/aromatic N) is 4. The average Bonchev–Trinajstić information content (AvgIpc) is 3.35. The molecule has 4 rings (SSSR count). The van der Waals surface area contributed by atoms with Crippen LogP contribution in [0.5, 0.6) is 0 Å². The lowest BCUT2D eigenvalue weighted by Crippen LogP contribution is -2.42. The second-order valence-corrected chi connectivity index (χ2v) is 10.6. The van der Waals surface area contributed by atoms with Crippen molar-refractivity contribution in [3.8, 4) is 17.5 Å². The first-order valence-electron chi connectivity index (χ1n) is 13.2.